The van der Waals surface area contributed by atoms with Crippen LogP contribution in [-0.4, -0.2) is 51.0 Å². The van der Waals surface area contributed by atoms with Crippen molar-refractivity contribution in [1.82, 2.24) is 9.80 Å². The zero-order chi connectivity index (χ0) is 10.2. The van der Waals surface area contributed by atoms with Crippen LogP contribution < -0.4 is 29.6 Å². The van der Waals surface area contributed by atoms with Crippen LogP contribution in [-0.2, 0) is 4.79 Å². The van der Waals surface area contributed by atoms with Gasteiger partial charge in [-0.15, -0.1) is 0 Å². The van der Waals surface area contributed by atoms with Crippen LogP contribution in [0.2, 0.25) is 0 Å². The fourth-order valence-electron chi connectivity index (χ4n) is 1.28. The zero-order valence-electron chi connectivity index (χ0n) is 9.52. The van der Waals surface area contributed by atoms with Crippen LogP contribution in [0.25, 0.3) is 0 Å². The summed E-state index contributed by atoms with van der Waals surface area (Å²) in [5, 5.41) is 17.6. The Morgan fingerprint density at radius 2 is 1.79 bits per heavy atom. The molecule has 1 aliphatic heterocycles. The number of hydrogen-bond acceptors (Lipinski definition) is 4. The maximum atomic E-state index is 11.4. The second-order valence-electron chi connectivity index (χ2n) is 3.29. The van der Waals surface area contributed by atoms with E-state index in [0.717, 1.165) is 4.90 Å². The molecule has 1 heterocycles. The van der Waals surface area contributed by atoms with E-state index in [4.69, 9.17) is 10.2 Å². The van der Waals surface area contributed by atoms with Gasteiger partial charge in [0.25, 0.3) is 5.91 Å². The van der Waals surface area contributed by atoms with Gasteiger partial charge in [0.15, 0.2) is 0 Å². The molecular weight excluding hydrogens is 199 g/mol. The van der Waals surface area contributed by atoms with Crippen LogP contribution in [0, 0.1) is 0 Å². The number of imide groups is 1. The topological polar surface area (TPSA) is 81.1 Å². The minimum Gasteiger partial charge on any atom is -1.00 e. The number of amides is 3. The summed E-state index contributed by atoms with van der Waals surface area (Å²) in [5.74, 6) is -0.506. The molecule has 6 nitrogen and oxygen atoms in total. The largest absolute Gasteiger partial charge is 1.00 e. The Labute approximate surface area is 105 Å². The van der Waals surface area contributed by atoms with Gasteiger partial charge >= 0.3 is 35.6 Å². The molecule has 0 saturated carbocycles. The average molecular weight is 212 g/mol. The van der Waals surface area contributed by atoms with Gasteiger partial charge in [-0.3, -0.25) is 9.69 Å². The summed E-state index contributed by atoms with van der Waals surface area (Å²) < 4.78 is 0. The molecule has 0 bridgehead atoms. The molecule has 0 aromatic carbocycles. The van der Waals surface area contributed by atoms with Gasteiger partial charge in [-0.1, -0.05) is 0 Å². The molecule has 0 aliphatic carbocycles. The summed E-state index contributed by atoms with van der Waals surface area (Å²) in [6, 6.07) is -0.667. The van der Waals surface area contributed by atoms with E-state index < -0.39 is 30.9 Å². The first-order chi connectivity index (χ1) is 5.96. The number of rotatable bonds is 2. The van der Waals surface area contributed by atoms with Crippen LogP contribution in [0.4, 0.5) is 4.79 Å². The van der Waals surface area contributed by atoms with Gasteiger partial charge < -0.3 is 11.6 Å². The maximum absolute atomic E-state index is 11.4. The second kappa shape index (κ2) is 4.59. The SMILES string of the molecule is CC1(C)C(=O)N(CO)C(=O)N1CO.[H-].[Na+]. The number of aliphatic hydroxyl groups is 2. The predicted molar refractivity (Wildman–Crippen MR) is 43.4 cm³/mol. The quantitative estimate of drug-likeness (QED) is 0.361. The number of carbonyl (C=O) groups is 2. The Bertz CT molecular complexity index is 261. The van der Waals surface area contributed by atoms with Gasteiger partial charge in [-0.2, -0.15) is 0 Å². The number of nitrogens with zero attached hydrogens (tertiary/aromatic N) is 2. The minimum atomic E-state index is -1.07. The van der Waals surface area contributed by atoms with Gasteiger partial charge in [0.2, 0.25) is 0 Å². The predicted octanol–water partition coefficient (Wildman–Crippen LogP) is -3.95. The average Bonchev–Trinajstić information content (AvgIpc) is 2.20. The van der Waals surface area contributed by atoms with Crippen molar-refractivity contribution in [1.29, 1.82) is 0 Å². The van der Waals surface area contributed by atoms with Crippen LogP contribution in [0.15, 0.2) is 0 Å². The summed E-state index contributed by atoms with van der Waals surface area (Å²) in [4.78, 5) is 24.4. The summed E-state index contributed by atoms with van der Waals surface area (Å²) in [5.41, 5.74) is -1.07. The van der Waals surface area contributed by atoms with E-state index >= 15 is 0 Å². The summed E-state index contributed by atoms with van der Waals surface area (Å²) in [7, 11) is 0. The molecule has 0 aromatic rings. The molecule has 7 heteroatoms. The molecule has 1 saturated heterocycles. The van der Waals surface area contributed by atoms with Crippen molar-refractivity contribution in [3.63, 3.8) is 0 Å². The van der Waals surface area contributed by atoms with E-state index in [2.05, 4.69) is 0 Å². The van der Waals surface area contributed by atoms with E-state index in [1.807, 2.05) is 0 Å². The zero-order valence-corrected chi connectivity index (χ0v) is 10.5. The molecule has 0 atom stereocenters. The number of hydrogen-bond donors (Lipinski definition) is 2. The van der Waals surface area contributed by atoms with E-state index in [1.165, 1.54) is 13.8 Å². The van der Waals surface area contributed by atoms with Gasteiger partial charge in [0.1, 0.15) is 19.0 Å². The molecule has 3 amide bonds. The molecule has 76 valence electrons. The van der Waals surface area contributed by atoms with Crippen molar-refractivity contribution in [2.75, 3.05) is 13.5 Å². The van der Waals surface area contributed by atoms with Crippen molar-refractivity contribution in [3.8, 4) is 0 Å². The van der Waals surface area contributed by atoms with Crippen LogP contribution in [0.1, 0.15) is 15.3 Å². The standard InChI is InChI=1S/C7H12N2O4.Na.H/c1-7(2)5(12)8(3-10)6(13)9(7)4-11;;/h10-11H,3-4H2,1-2H3;;/q;+1;-1. The van der Waals surface area contributed by atoms with Crippen LogP contribution in [0.5, 0.6) is 0 Å². The van der Waals surface area contributed by atoms with Gasteiger partial charge in [0.05, 0.1) is 0 Å². The number of aliphatic hydroxyl groups excluding tert-OH is 2. The Morgan fingerprint density at radius 3 is 2.00 bits per heavy atom. The van der Waals surface area contributed by atoms with E-state index in [-0.39, 0.29) is 31.0 Å². The summed E-state index contributed by atoms with van der Waals surface area (Å²) >= 11 is 0. The van der Waals surface area contributed by atoms with Crippen LogP contribution in [0.3, 0.4) is 0 Å². The van der Waals surface area contributed by atoms with Crippen molar-refractivity contribution >= 4 is 11.9 Å². The van der Waals surface area contributed by atoms with Gasteiger partial charge in [-0.05, 0) is 13.8 Å². The Morgan fingerprint density at radius 1 is 1.29 bits per heavy atom. The number of urea groups is 1. The fraction of sp³-hybridized carbons (Fsp3) is 0.714. The third-order valence-electron chi connectivity index (χ3n) is 2.19. The van der Waals surface area contributed by atoms with Gasteiger partial charge in [0, 0.05) is 0 Å². The molecule has 1 fully saturated rings. The summed E-state index contributed by atoms with van der Waals surface area (Å²) in [6.45, 7) is 1.84. The van der Waals surface area contributed by atoms with E-state index in [1.54, 1.807) is 0 Å². The smallest absolute Gasteiger partial charge is 1.00 e. The molecular formula is C7H13N2NaO4. The van der Waals surface area contributed by atoms with Crippen molar-refractivity contribution < 1.29 is 50.8 Å². The normalized spacial score (nSPS) is 20.0. The Kier molecular flexibility index (Phi) is 4.54. The third-order valence-corrected chi connectivity index (χ3v) is 2.19. The Balaban J connectivity index is 0. The van der Waals surface area contributed by atoms with Crippen molar-refractivity contribution in [3.05, 3.63) is 0 Å². The molecule has 2 N–H and O–H groups in total. The molecule has 1 aliphatic rings. The van der Waals surface area contributed by atoms with Crippen LogP contribution >= 0.6 is 0 Å². The molecule has 0 radical (unpaired) electrons. The molecule has 0 aromatic heterocycles. The molecule has 0 spiro atoms. The Hall–Kier alpha value is -0.140. The van der Waals surface area contributed by atoms with Gasteiger partial charge in [-0.25, -0.2) is 9.69 Å². The maximum Gasteiger partial charge on any atom is 1.00 e. The first-order valence-electron chi connectivity index (χ1n) is 3.82. The molecule has 0 unspecified atom stereocenters. The minimum absolute atomic E-state index is 0. The van der Waals surface area contributed by atoms with E-state index in [9.17, 15) is 9.59 Å². The fourth-order valence-corrected chi connectivity index (χ4v) is 1.28. The second-order valence-corrected chi connectivity index (χ2v) is 3.29. The third kappa shape index (κ3) is 1.80. The summed E-state index contributed by atoms with van der Waals surface area (Å²) in [6.07, 6.45) is 0. The monoisotopic (exact) mass is 212 g/mol. The molecule has 14 heavy (non-hydrogen) atoms. The molecule has 1 rings (SSSR count). The first kappa shape index (κ1) is 13.9. The van der Waals surface area contributed by atoms with Crippen molar-refractivity contribution in [2.45, 2.75) is 19.4 Å². The van der Waals surface area contributed by atoms with E-state index in [0.29, 0.717) is 4.90 Å². The first-order valence-corrected chi connectivity index (χ1v) is 3.82. The number of carbonyl (C=O) groups excluding carboxylic acids is 2. The van der Waals surface area contributed by atoms with Crippen molar-refractivity contribution in [2.24, 2.45) is 0 Å².